The van der Waals surface area contributed by atoms with Gasteiger partial charge in [-0.2, -0.15) is 0 Å². The SMILES string of the molecule is Cc1ccc(-c2ccc(COc3cc(N)nc(NN)c3N)nc2)cn1. The number of hydrogen-bond acceptors (Lipinski definition) is 8. The van der Waals surface area contributed by atoms with Crippen LogP contribution in [-0.2, 0) is 6.61 Å². The summed E-state index contributed by atoms with van der Waals surface area (Å²) in [5.74, 6) is 6.28. The third-order valence-electron chi connectivity index (χ3n) is 3.62. The van der Waals surface area contributed by atoms with Crippen LogP contribution in [0, 0.1) is 6.92 Å². The lowest BCUT2D eigenvalue weighted by molar-refractivity contribution is 0.303. The van der Waals surface area contributed by atoms with Crippen LogP contribution in [0.25, 0.3) is 11.1 Å². The van der Waals surface area contributed by atoms with Crippen molar-refractivity contribution >= 4 is 17.3 Å². The van der Waals surface area contributed by atoms with Crippen LogP contribution in [0.5, 0.6) is 5.75 Å². The normalized spacial score (nSPS) is 10.5. The van der Waals surface area contributed by atoms with Gasteiger partial charge in [0.25, 0.3) is 0 Å². The molecule has 25 heavy (non-hydrogen) atoms. The molecule has 3 heterocycles. The van der Waals surface area contributed by atoms with Crippen molar-refractivity contribution < 1.29 is 4.74 Å². The van der Waals surface area contributed by atoms with E-state index in [1.807, 2.05) is 37.4 Å². The highest BCUT2D eigenvalue weighted by molar-refractivity contribution is 5.71. The first-order valence-electron chi connectivity index (χ1n) is 7.60. The molecule has 3 aromatic rings. The number of hydrazine groups is 1. The van der Waals surface area contributed by atoms with Gasteiger partial charge in [-0.3, -0.25) is 9.97 Å². The quantitative estimate of drug-likeness (QED) is 0.409. The minimum absolute atomic E-state index is 0.240. The number of nitrogens with two attached hydrogens (primary N) is 3. The van der Waals surface area contributed by atoms with Gasteiger partial charge < -0.3 is 21.6 Å². The summed E-state index contributed by atoms with van der Waals surface area (Å²) in [6.45, 7) is 2.19. The molecule has 0 amide bonds. The number of nitrogen functional groups attached to an aromatic ring is 3. The van der Waals surface area contributed by atoms with Crippen molar-refractivity contribution in [3.63, 3.8) is 0 Å². The van der Waals surface area contributed by atoms with E-state index in [-0.39, 0.29) is 18.2 Å². The third kappa shape index (κ3) is 3.75. The maximum absolute atomic E-state index is 5.93. The zero-order valence-corrected chi connectivity index (χ0v) is 13.7. The van der Waals surface area contributed by atoms with E-state index in [4.69, 9.17) is 22.0 Å². The Morgan fingerprint density at radius 3 is 2.36 bits per heavy atom. The molecular weight excluding hydrogens is 318 g/mol. The van der Waals surface area contributed by atoms with E-state index >= 15 is 0 Å². The minimum Gasteiger partial charge on any atom is -0.485 e. The van der Waals surface area contributed by atoms with Crippen molar-refractivity contribution in [3.8, 4) is 16.9 Å². The van der Waals surface area contributed by atoms with Crippen LogP contribution in [0.15, 0.2) is 42.7 Å². The first kappa shape index (κ1) is 16.5. The number of anilines is 3. The zero-order chi connectivity index (χ0) is 17.8. The highest BCUT2D eigenvalue weighted by Gasteiger charge is 2.10. The molecule has 0 aliphatic heterocycles. The van der Waals surface area contributed by atoms with Crippen molar-refractivity contribution in [2.45, 2.75) is 13.5 Å². The van der Waals surface area contributed by atoms with Crippen molar-refractivity contribution in [1.29, 1.82) is 0 Å². The van der Waals surface area contributed by atoms with Crippen molar-refractivity contribution in [2.75, 3.05) is 16.9 Å². The number of aromatic nitrogens is 3. The number of nitrogens with one attached hydrogen (secondary N) is 1. The van der Waals surface area contributed by atoms with E-state index in [0.29, 0.717) is 11.4 Å². The van der Waals surface area contributed by atoms with E-state index in [1.54, 1.807) is 12.3 Å². The van der Waals surface area contributed by atoms with Gasteiger partial charge in [0.2, 0.25) is 0 Å². The predicted octanol–water partition coefficient (Wildman–Crippen LogP) is 1.88. The summed E-state index contributed by atoms with van der Waals surface area (Å²) in [5, 5.41) is 0. The van der Waals surface area contributed by atoms with Gasteiger partial charge in [0, 0.05) is 35.3 Å². The van der Waals surface area contributed by atoms with Gasteiger partial charge in [-0.1, -0.05) is 12.1 Å². The highest BCUT2D eigenvalue weighted by atomic mass is 16.5. The van der Waals surface area contributed by atoms with Crippen LogP contribution in [0.2, 0.25) is 0 Å². The van der Waals surface area contributed by atoms with Gasteiger partial charge in [-0.25, -0.2) is 10.8 Å². The second kappa shape index (κ2) is 7.02. The minimum atomic E-state index is 0.240. The highest BCUT2D eigenvalue weighted by Crippen LogP contribution is 2.30. The Morgan fingerprint density at radius 1 is 1.04 bits per heavy atom. The lowest BCUT2D eigenvalue weighted by Crippen LogP contribution is -2.13. The van der Waals surface area contributed by atoms with Gasteiger partial charge in [0.1, 0.15) is 23.9 Å². The average molecular weight is 337 g/mol. The molecule has 0 aliphatic carbocycles. The lowest BCUT2D eigenvalue weighted by Gasteiger charge is -2.12. The molecule has 0 unspecified atom stereocenters. The Labute approximate surface area is 145 Å². The molecule has 0 radical (unpaired) electrons. The van der Waals surface area contributed by atoms with E-state index in [9.17, 15) is 0 Å². The van der Waals surface area contributed by atoms with E-state index in [0.717, 1.165) is 22.5 Å². The second-order valence-corrected chi connectivity index (χ2v) is 5.47. The predicted molar refractivity (Wildman–Crippen MR) is 97.4 cm³/mol. The molecule has 3 rings (SSSR count). The summed E-state index contributed by atoms with van der Waals surface area (Å²) >= 11 is 0. The Hall–Kier alpha value is -3.39. The third-order valence-corrected chi connectivity index (χ3v) is 3.62. The summed E-state index contributed by atoms with van der Waals surface area (Å²) in [6.07, 6.45) is 3.60. The monoisotopic (exact) mass is 337 g/mol. The van der Waals surface area contributed by atoms with Gasteiger partial charge in [0.05, 0.1) is 5.69 Å². The van der Waals surface area contributed by atoms with Crippen LogP contribution >= 0.6 is 0 Å². The number of rotatable bonds is 5. The maximum Gasteiger partial charge on any atom is 0.169 e. The van der Waals surface area contributed by atoms with Crippen LogP contribution in [0.1, 0.15) is 11.4 Å². The first-order valence-corrected chi connectivity index (χ1v) is 7.60. The Balaban J connectivity index is 1.72. The van der Waals surface area contributed by atoms with Gasteiger partial charge in [0.15, 0.2) is 5.82 Å². The van der Waals surface area contributed by atoms with E-state index in [2.05, 4.69) is 20.4 Å². The molecule has 8 heteroatoms. The summed E-state index contributed by atoms with van der Waals surface area (Å²) in [5.41, 5.74) is 18.0. The summed E-state index contributed by atoms with van der Waals surface area (Å²) in [4.78, 5) is 12.7. The van der Waals surface area contributed by atoms with Crippen molar-refractivity contribution in [2.24, 2.45) is 5.84 Å². The zero-order valence-electron chi connectivity index (χ0n) is 13.7. The number of nitrogens with zero attached hydrogens (tertiary/aromatic N) is 3. The van der Waals surface area contributed by atoms with Gasteiger partial charge >= 0.3 is 0 Å². The standard InChI is InChI=1S/C17H19N7O/c1-10-2-3-11(7-21-10)12-4-5-13(22-8-12)9-25-14-6-15(18)23-17(24-20)16(14)19/h2-8H,9,19-20H2,1H3,(H3,18,23,24). The molecule has 0 bridgehead atoms. The average Bonchev–Trinajstić information content (AvgIpc) is 2.63. The Bertz CT molecular complexity index is 863. The molecule has 0 atom stereocenters. The van der Waals surface area contributed by atoms with E-state index in [1.165, 1.54) is 0 Å². The largest absolute Gasteiger partial charge is 0.485 e. The number of hydrogen-bond donors (Lipinski definition) is 4. The van der Waals surface area contributed by atoms with Gasteiger partial charge in [-0.05, 0) is 19.1 Å². The molecule has 3 aromatic heterocycles. The molecule has 0 spiro atoms. The number of ether oxygens (including phenoxy) is 1. The molecule has 0 aliphatic rings. The summed E-state index contributed by atoms with van der Waals surface area (Å²) in [7, 11) is 0. The fraction of sp³-hybridized carbons (Fsp3) is 0.118. The fourth-order valence-electron chi connectivity index (χ4n) is 2.25. The molecule has 7 N–H and O–H groups in total. The van der Waals surface area contributed by atoms with E-state index < -0.39 is 0 Å². The summed E-state index contributed by atoms with van der Waals surface area (Å²) in [6, 6.07) is 9.37. The van der Waals surface area contributed by atoms with Crippen molar-refractivity contribution in [1.82, 2.24) is 15.0 Å². The van der Waals surface area contributed by atoms with Gasteiger partial charge in [-0.15, -0.1) is 0 Å². The molecular formula is C17H19N7O. The number of aryl methyl sites for hydroxylation is 1. The van der Waals surface area contributed by atoms with Crippen LogP contribution in [-0.4, -0.2) is 15.0 Å². The molecule has 0 saturated heterocycles. The molecule has 0 aromatic carbocycles. The first-order chi connectivity index (χ1) is 12.1. The smallest absolute Gasteiger partial charge is 0.169 e. The Morgan fingerprint density at radius 2 is 1.76 bits per heavy atom. The van der Waals surface area contributed by atoms with Crippen molar-refractivity contribution in [3.05, 3.63) is 54.1 Å². The fourth-order valence-corrected chi connectivity index (χ4v) is 2.25. The lowest BCUT2D eigenvalue weighted by atomic mass is 10.1. The topological polar surface area (TPSA) is 138 Å². The van der Waals surface area contributed by atoms with Crippen LogP contribution in [0.4, 0.5) is 17.3 Å². The van der Waals surface area contributed by atoms with Crippen LogP contribution < -0.4 is 27.5 Å². The maximum atomic E-state index is 5.93. The summed E-state index contributed by atoms with van der Waals surface area (Å²) < 4.78 is 5.69. The molecule has 8 nitrogen and oxygen atoms in total. The number of pyridine rings is 3. The molecule has 128 valence electrons. The molecule has 0 fully saturated rings. The second-order valence-electron chi connectivity index (χ2n) is 5.47. The van der Waals surface area contributed by atoms with Crippen LogP contribution in [0.3, 0.4) is 0 Å². The molecule has 0 saturated carbocycles. The Kier molecular flexibility index (Phi) is 4.62.